The summed E-state index contributed by atoms with van der Waals surface area (Å²) >= 11 is 0. The van der Waals surface area contributed by atoms with Gasteiger partial charge in [-0.25, -0.2) is 0 Å². The van der Waals surface area contributed by atoms with Crippen molar-refractivity contribution < 1.29 is 4.79 Å². The van der Waals surface area contributed by atoms with Crippen LogP contribution < -0.4 is 10.7 Å². The van der Waals surface area contributed by atoms with E-state index < -0.39 is 5.91 Å². The molecular formula is C14H11N3O2. The molecule has 1 aromatic heterocycles. The van der Waals surface area contributed by atoms with Gasteiger partial charge in [-0.2, -0.15) is 5.26 Å². The summed E-state index contributed by atoms with van der Waals surface area (Å²) in [6.45, 7) is 1.74. The van der Waals surface area contributed by atoms with Crippen molar-refractivity contribution in [3.05, 3.63) is 63.6 Å². The van der Waals surface area contributed by atoms with Crippen LogP contribution in [0.25, 0.3) is 0 Å². The molecule has 0 saturated carbocycles. The molecule has 94 valence electrons. The predicted molar refractivity (Wildman–Crippen MR) is 70.9 cm³/mol. The van der Waals surface area contributed by atoms with E-state index in [1.165, 1.54) is 12.3 Å². The Morgan fingerprint density at radius 1 is 1.32 bits per heavy atom. The van der Waals surface area contributed by atoms with Gasteiger partial charge in [0.05, 0.1) is 11.6 Å². The summed E-state index contributed by atoms with van der Waals surface area (Å²) in [4.78, 5) is 26.4. The van der Waals surface area contributed by atoms with Gasteiger partial charge in [0.25, 0.3) is 5.91 Å². The number of rotatable bonds is 2. The second-order valence-corrected chi connectivity index (χ2v) is 4.04. The maximum Gasteiger partial charge on any atom is 0.261 e. The van der Waals surface area contributed by atoms with Gasteiger partial charge in [-0.15, -0.1) is 0 Å². The zero-order chi connectivity index (χ0) is 13.8. The van der Waals surface area contributed by atoms with Crippen molar-refractivity contribution in [1.29, 1.82) is 5.26 Å². The van der Waals surface area contributed by atoms with Gasteiger partial charge in [-0.3, -0.25) is 9.59 Å². The van der Waals surface area contributed by atoms with Crippen molar-refractivity contribution in [2.75, 3.05) is 5.32 Å². The molecule has 2 aromatic rings. The molecule has 0 bridgehead atoms. The Kier molecular flexibility index (Phi) is 3.44. The molecule has 1 aromatic carbocycles. The molecule has 0 fully saturated rings. The number of carbonyl (C=O) groups excluding carboxylic acids is 1. The Hall–Kier alpha value is -2.87. The molecule has 0 unspecified atom stereocenters. The lowest BCUT2D eigenvalue weighted by molar-refractivity contribution is 0.102. The fraction of sp³-hybridized carbons (Fsp3) is 0.0714. The molecule has 19 heavy (non-hydrogen) atoms. The highest BCUT2D eigenvalue weighted by molar-refractivity contribution is 6.03. The molecule has 0 aliphatic rings. The number of aromatic nitrogens is 1. The number of hydrogen-bond donors (Lipinski definition) is 2. The highest BCUT2D eigenvalue weighted by atomic mass is 16.2. The fourth-order valence-electron chi connectivity index (χ4n) is 1.58. The van der Waals surface area contributed by atoms with Crippen molar-refractivity contribution in [2.24, 2.45) is 0 Å². The zero-order valence-electron chi connectivity index (χ0n) is 10.2. The van der Waals surface area contributed by atoms with E-state index in [-0.39, 0.29) is 11.0 Å². The lowest BCUT2D eigenvalue weighted by atomic mass is 10.2. The smallest absolute Gasteiger partial charge is 0.261 e. The minimum Gasteiger partial charge on any atom is -0.364 e. The first-order chi connectivity index (χ1) is 9.10. The molecule has 0 saturated heterocycles. The van der Waals surface area contributed by atoms with Crippen LogP contribution in [-0.2, 0) is 0 Å². The third-order valence-electron chi connectivity index (χ3n) is 2.57. The number of nitrogens with one attached hydrogen (secondary N) is 2. The van der Waals surface area contributed by atoms with Gasteiger partial charge in [0.15, 0.2) is 5.43 Å². The molecule has 2 N–H and O–H groups in total. The molecule has 0 aliphatic carbocycles. The maximum atomic E-state index is 11.9. The molecule has 1 amide bonds. The molecule has 0 atom stereocenters. The van der Waals surface area contributed by atoms with Crippen LogP contribution in [0.5, 0.6) is 0 Å². The number of aromatic amines is 1. The third kappa shape index (κ3) is 2.87. The van der Waals surface area contributed by atoms with Crippen molar-refractivity contribution in [1.82, 2.24) is 4.98 Å². The second kappa shape index (κ2) is 5.19. The number of H-pyrrole nitrogens is 1. The molecule has 1 heterocycles. The summed E-state index contributed by atoms with van der Waals surface area (Å²) in [5.41, 5.74) is 1.45. The van der Waals surface area contributed by atoms with Gasteiger partial charge in [-0.1, -0.05) is 0 Å². The topological polar surface area (TPSA) is 85.8 Å². The van der Waals surface area contributed by atoms with Crippen molar-refractivity contribution in [3.63, 3.8) is 0 Å². The van der Waals surface area contributed by atoms with Gasteiger partial charge in [0, 0.05) is 23.6 Å². The second-order valence-electron chi connectivity index (χ2n) is 4.04. The van der Waals surface area contributed by atoms with E-state index in [1.54, 1.807) is 31.2 Å². The first kappa shape index (κ1) is 12.6. The van der Waals surface area contributed by atoms with Crippen LogP contribution in [0.4, 0.5) is 5.69 Å². The number of benzene rings is 1. The SMILES string of the molecule is Cc1cc(=O)c(C(=O)Nc2ccc(C#N)cc2)c[nH]1. The number of nitriles is 1. The van der Waals surface area contributed by atoms with E-state index in [0.717, 1.165) is 0 Å². The minimum absolute atomic E-state index is 0.0509. The van der Waals surface area contributed by atoms with Gasteiger partial charge in [0.1, 0.15) is 5.56 Å². The van der Waals surface area contributed by atoms with E-state index in [1.807, 2.05) is 6.07 Å². The van der Waals surface area contributed by atoms with E-state index in [2.05, 4.69) is 10.3 Å². The molecule has 5 heteroatoms. The summed E-state index contributed by atoms with van der Waals surface area (Å²) in [5, 5.41) is 11.3. The number of carbonyl (C=O) groups is 1. The Morgan fingerprint density at radius 3 is 2.58 bits per heavy atom. The summed E-state index contributed by atoms with van der Waals surface area (Å²) in [5.74, 6) is -0.481. The lowest BCUT2D eigenvalue weighted by Gasteiger charge is -2.04. The van der Waals surface area contributed by atoms with Crippen molar-refractivity contribution >= 4 is 11.6 Å². The van der Waals surface area contributed by atoms with Crippen LogP contribution in [0.3, 0.4) is 0 Å². The summed E-state index contributed by atoms with van der Waals surface area (Å²) in [6.07, 6.45) is 1.39. The highest BCUT2D eigenvalue weighted by Gasteiger charge is 2.10. The number of hydrogen-bond acceptors (Lipinski definition) is 3. The Morgan fingerprint density at radius 2 is 2.00 bits per heavy atom. The molecule has 5 nitrogen and oxygen atoms in total. The summed E-state index contributed by atoms with van der Waals surface area (Å²) in [6, 6.07) is 9.76. The zero-order valence-corrected chi connectivity index (χ0v) is 10.2. The van der Waals surface area contributed by atoms with E-state index in [9.17, 15) is 9.59 Å². The molecule has 0 spiro atoms. The number of aryl methyl sites for hydroxylation is 1. The van der Waals surface area contributed by atoms with Crippen LogP contribution in [0, 0.1) is 18.3 Å². The van der Waals surface area contributed by atoms with Gasteiger partial charge in [0.2, 0.25) is 0 Å². The summed E-state index contributed by atoms with van der Waals surface area (Å²) < 4.78 is 0. The Bertz CT molecular complexity index is 709. The monoisotopic (exact) mass is 253 g/mol. The number of pyridine rings is 1. The van der Waals surface area contributed by atoms with E-state index in [0.29, 0.717) is 16.9 Å². The molecular weight excluding hydrogens is 242 g/mol. The minimum atomic E-state index is -0.481. The van der Waals surface area contributed by atoms with Crippen LogP contribution in [-0.4, -0.2) is 10.9 Å². The van der Waals surface area contributed by atoms with E-state index >= 15 is 0 Å². The first-order valence-electron chi connectivity index (χ1n) is 5.61. The molecule has 2 rings (SSSR count). The Labute approximate surface area is 109 Å². The number of amides is 1. The maximum absolute atomic E-state index is 11.9. The van der Waals surface area contributed by atoms with Crippen LogP contribution in [0.1, 0.15) is 21.6 Å². The van der Waals surface area contributed by atoms with Crippen molar-refractivity contribution in [2.45, 2.75) is 6.92 Å². The molecule has 0 aliphatic heterocycles. The van der Waals surface area contributed by atoms with Crippen LogP contribution in [0.2, 0.25) is 0 Å². The standard InChI is InChI=1S/C14H11N3O2/c1-9-6-13(18)12(8-16-9)14(19)17-11-4-2-10(7-15)3-5-11/h2-6,8H,1H3,(H,16,18)(H,17,19). The first-order valence-corrected chi connectivity index (χ1v) is 5.61. The predicted octanol–water partition coefficient (Wildman–Crippen LogP) is 1.81. The number of anilines is 1. The average molecular weight is 253 g/mol. The van der Waals surface area contributed by atoms with E-state index in [4.69, 9.17) is 5.26 Å². The lowest BCUT2D eigenvalue weighted by Crippen LogP contribution is -2.21. The largest absolute Gasteiger partial charge is 0.364 e. The normalized spacial score (nSPS) is 9.68. The average Bonchev–Trinajstić information content (AvgIpc) is 2.39. The third-order valence-corrected chi connectivity index (χ3v) is 2.57. The van der Waals surface area contributed by atoms with Crippen LogP contribution >= 0.6 is 0 Å². The summed E-state index contributed by atoms with van der Waals surface area (Å²) in [7, 11) is 0. The van der Waals surface area contributed by atoms with Crippen molar-refractivity contribution in [3.8, 4) is 6.07 Å². The van der Waals surface area contributed by atoms with Gasteiger partial charge >= 0.3 is 0 Å². The fourth-order valence-corrected chi connectivity index (χ4v) is 1.58. The highest BCUT2D eigenvalue weighted by Crippen LogP contribution is 2.09. The quantitative estimate of drug-likeness (QED) is 0.855. The number of nitrogens with zero attached hydrogens (tertiary/aromatic N) is 1. The molecule has 0 radical (unpaired) electrons. The van der Waals surface area contributed by atoms with Gasteiger partial charge < -0.3 is 10.3 Å². The van der Waals surface area contributed by atoms with Gasteiger partial charge in [-0.05, 0) is 31.2 Å². The van der Waals surface area contributed by atoms with Crippen LogP contribution in [0.15, 0.2) is 41.3 Å². The Balaban J connectivity index is 2.21.